The van der Waals surface area contributed by atoms with E-state index in [9.17, 15) is 28.8 Å². The molecule has 0 heterocycles. The normalized spacial score (nSPS) is 13.4. The minimum Gasteiger partial charge on any atom is -0.808 e. The average molecular weight is 520 g/mol. The van der Waals surface area contributed by atoms with E-state index in [2.05, 4.69) is 53.4 Å². The van der Waals surface area contributed by atoms with Gasteiger partial charge in [0.1, 0.15) is 0 Å². The highest BCUT2D eigenvalue weighted by Crippen LogP contribution is 2.65. The van der Waals surface area contributed by atoms with Crippen LogP contribution in [0.3, 0.4) is 0 Å². The number of carbonyl (C=O) groups is 1. The molecule has 1 amide bonds. The molecule has 0 fully saturated rings. The number of hydrogen-bond donors (Lipinski definition) is 6. The van der Waals surface area contributed by atoms with Crippen molar-refractivity contribution in [1.29, 1.82) is 0 Å². The van der Waals surface area contributed by atoms with Crippen LogP contribution in [0, 0.1) is 0 Å². The van der Waals surface area contributed by atoms with Crippen LogP contribution >= 0.6 is 15.2 Å². The zero-order valence-corrected chi connectivity index (χ0v) is 23.1. The summed E-state index contributed by atoms with van der Waals surface area (Å²) in [7, 11) is -11.5. The summed E-state index contributed by atoms with van der Waals surface area (Å²) in [4.78, 5) is 53.5. The molecule has 0 spiro atoms. The summed E-state index contributed by atoms with van der Waals surface area (Å²) in [6, 6.07) is 0. The van der Waals surface area contributed by atoms with E-state index < -0.39 is 32.6 Å². The van der Waals surface area contributed by atoms with Gasteiger partial charge in [-0.1, -0.05) is 6.58 Å². The second-order valence-electron chi connectivity index (χ2n) is 7.58. The van der Waals surface area contributed by atoms with Crippen molar-refractivity contribution < 1.29 is 48.4 Å². The molecule has 11 nitrogen and oxygen atoms in total. The molecule has 0 rings (SSSR count). The van der Waals surface area contributed by atoms with Gasteiger partial charge in [-0.2, -0.15) is 0 Å². The summed E-state index contributed by atoms with van der Waals surface area (Å²) in [5.41, 5.74) is 0.184. The summed E-state index contributed by atoms with van der Waals surface area (Å²) >= 11 is 0. The van der Waals surface area contributed by atoms with Crippen molar-refractivity contribution >= 4 is 21.1 Å². The maximum Gasteiger partial charge on any atom is 0.361 e. The maximum absolute atomic E-state index is 11.1. The van der Waals surface area contributed by atoms with Gasteiger partial charge in [-0.3, -0.25) is 9.36 Å². The van der Waals surface area contributed by atoms with Crippen molar-refractivity contribution in [2.24, 2.45) is 0 Å². The first-order valence-electron chi connectivity index (χ1n) is 11.4. The first-order valence-corrected chi connectivity index (χ1v) is 14.6. The van der Waals surface area contributed by atoms with Crippen LogP contribution in [-0.4, -0.2) is 71.7 Å². The SMILES string of the molecule is C=C(C)C(=O)NCCCC(O)(P(=O)([O-])[O-])P(=O)(O)O.CC[NH+](CC)CC.CC[NH+](CC)CC. The fourth-order valence-corrected chi connectivity index (χ4v) is 4.78. The lowest BCUT2D eigenvalue weighted by Gasteiger charge is -2.45. The van der Waals surface area contributed by atoms with Crippen LogP contribution in [0.1, 0.15) is 61.3 Å². The lowest BCUT2D eigenvalue weighted by Crippen LogP contribution is -3.11. The number of nitrogens with one attached hydrogen (secondary N) is 3. The Balaban J connectivity index is -0.000000524. The predicted octanol–water partition coefficient (Wildman–Crippen LogP) is -1.94. The van der Waals surface area contributed by atoms with Gasteiger partial charge in [-0.25, -0.2) is 0 Å². The molecule has 0 saturated heterocycles. The Bertz CT molecular complexity index is 584. The minimum atomic E-state index is -5.93. The van der Waals surface area contributed by atoms with Crippen molar-refractivity contribution in [2.75, 3.05) is 45.8 Å². The Morgan fingerprint density at radius 1 is 0.909 bits per heavy atom. The highest BCUT2D eigenvalue weighted by atomic mass is 31.2. The van der Waals surface area contributed by atoms with Gasteiger partial charge in [0.05, 0.1) is 39.3 Å². The number of hydrogen-bond acceptors (Lipinski definition) is 6. The highest BCUT2D eigenvalue weighted by molar-refractivity contribution is 7.70. The van der Waals surface area contributed by atoms with Crippen molar-refractivity contribution in [3.05, 3.63) is 12.2 Å². The topological polar surface area (TPSA) is 179 Å². The lowest BCUT2D eigenvalue weighted by atomic mass is 10.3. The number of aliphatic hydroxyl groups is 1. The molecule has 0 radical (unpaired) electrons. The van der Waals surface area contributed by atoms with Crippen molar-refractivity contribution in [2.45, 2.75) is 66.4 Å². The molecule has 0 aromatic carbocycles. The van der Waals surface area contributed by atoms with Crippen molar-refractivity contribution in [3.63, 3.8) is 0 Å². The van der Waals surface area contributed by atoms with Gasteiger partial charge in [-0.15, -0.1) is 0 Å². The van der Waals surface area contributed by atoms with Gasteiger partial charge in [0.2, 0.25) is 5.91 Å². The van der Waals surface area contributed by atoms with E-state index in [1.807, 2.05) is 0 Å². The number of quaternary nitrogens is 2. The zero-order valence-electron chi connectivity index (χ0n) is 21.3. The first kappa shape index (κ1) is 36.9. The third kappa shape index (κ3) is 15.8. The zero-order chi connectivity index (χ0) is 26.9. The fourth-order valence-electron chi connectivity index (χ4n) is 2.62. The van der Waals surface area contributed by atoms with Gasteiger partial charge in [0.15, 0.2) is 5.08 Å². The molecule has 1 unspecified atom stereocenters. The third-order valence-corrected chi connectivity index (χ3v) is 9.04. The number of amides is 1. The third-order valence-electron chi connectivity index (χ3n) is 5.27. The summed E-state index contributed by atoms with van der Waals surface area (Å²) < 4.78 is 21.7. The molecule has 0 aliphatic heterocycles. The van der Waals surface area contributed by atoms with E-state index in [4.69, 9.17) is 9.79 Å². The number of rotatable bonds is 13. The van der Waals surface area contributed by atoms with Crippen LogP contribution in [-0.2, 0) is 13.9 Å². The summed E-state index contributed by atoms with van der Waals surface area (Å²) in [5, 5.41) is 7.98. The molecule has 13 heteroatoms. The van der Waals surface area contributed by atoms with E-state index in [0.29, 0.717) is 0 Å². The fraction of sp³-hybridized carbons (Fsp3) is 0.850. The second-order valence-corrected chi connectivity index (χ2v) is 11.5. The quantitative estimate of drug-likeness (QED) is 0.0924. The summed E-state index contributed by atoms with van der Waals surface area (Å²) in [6.07, 6.45) is -1.30. The maximum atomic E-state index is 11.1. The van der Waals surface area contributed by atoms with Crippen LogP contribution < -0.4 is 24.9 Å². The van der Waals surface area contributed by atoms with Gasteiger partial charge in [-0.05, 0) is 68.9 Å². The molecule has 0 bridgehead atoms. The molecular formula is C20H47N3O8P2. The molecular weight excluding hydrogens is 472 g/mol. The van der Waals surface area contributed by atoms with Crippen LogP contribution in [0.4, 0.5) is 0 Å². The van der Waals surface area contributed by atoms with Gasteiger partial charge < -0.3 is 44.4 Å². The lowest BCUT2D eigenvalue weighted by molar-refractivity contribution is -0.894. The van der Waals surface area contributed by atoms with Crippen LogP contribution in [0.15, 0.2) is 12.2 Å². The van der Waals surface area contributed by atoms with E-state index >= 15 is 0 Å². The Labute approximate surface area is 199 Å². The minimum absolute atomic E-state index is 0.173. The largest absolute Gasteiger partial charge is 0.808 e. The molecule has 0 aliphatic carbocycles. The monoisotopic (exact) mass is 519 g/mol. The molecule has 0 aromatic heterocycles. The standard InChI is InChI=1S/C8H17NO8P2.2C6H15N/c1-6(2)7(10)9-5-3-4-8(11,18(12,13)14)19(15,16)17;2*1-4-7(5-2)6-3/h11H,1,3-5H2,2H3,(H,9,10)(H2,12,13,14)(H2,15,16,17);2*4-6H2,1-3H3. The van der Waals surface area contributed by atoms with E-state index in [1.54, 1.807) is 9.80 Å². The van der Waals surface area contributed by atoms with Gasteiger partial charge in [0.25, 0.3) is 0 Å². The average Bonchev–Trinajstić information content (AvgIpc) is 2.72. The summed E-state index contributed by atoms with van der Waals surface area (Å²) in [6.45, 7) is 25.6. The predicted molar refractivity (Wildman–Crippen MR) is 127 cm³/mol. The molecule has 0 saturated carbocycles. The van der Waals surface area contributed by atoms with Crippen LogP contribution in [0.5, 0.6) is 0 Å². The molecule has 1 atom stereocenters. The molecule has 33 heavy (non-hydrogen) atoms. The second kappa shape index (κ2) is 18.7. The Hall–Kier alpha value is -0.610. The molecule has 6 N–H and O–H groups in total. The van der Waals surface area contributed by atoms with Crippen LogP contribution in [0.2, 0.25) is 0 Å². The van der Waals surface area contributed by atoms with E-state index in [-0.39, 0.29) is 18.5 Å². The van der Waals surface area contributed by atoms with Gasteiger partial charge in [0, 0.05) is 12.1 Å². The molecule has 0 aliphatic rings. The summed E-state index contributed by atoms with van der Waals surface area (Å²) in [5.74, 6) is -0.535. The highest BCUT2D eigenvalue weighted by Gasteiger charge is 2.47. The number of carbonyl (C=O) groups excluding carboxylic acids is 1. The Morgan fingerprint density at radius 2 is 1.24 bits per heavy atom. The van der Waals surface area contributed by atoms with Crippen molar-refractivity contribution in [1.82, 2.24) is 5.32 Å². The van der Waals surface area contributed by atoms with Gasteiger partial charge >= 0.3 is 7.60 Å². The first-order chi connectivity index (χ1) is 15.0. The Morgan fingerprint density at radius 3 is 1.42 bits per heavy atom. The van der Waals surface area contributed by atoms with E-state index in [0.717, 1.165) is 0 Å². The molecule has 200 valence electrons. The van der Waals surface area contributed by atoms with Crippen molar-refractivity contribution in [3.8, 4) is 0 Å². The van der Waals surface area contributed by atoms with E-state index in [1.165, 1.54) is 46.2 Å². The Kier molecular flexibility index (Phi) is 20.9. The van der Waals surface area contributed by atoms with Crippen LogP contribution in [0.25, 0.3) is 0 Å². The smallest absolute Gasteiger partial charge is 0.361 e. The molecule has 0 aromatic rings.